The van der Waals surface area contributed by atoms with E-state index < -0.39 is 0 Å². The smallest absolute Gasteiger partial charge is 0.228 e. The number of halogens is 1. The molecule has 0 aliphatic carbocycles. The monoisotopic (exact) mass is 461 g/mol. The fourth-order valence-electron chi connectivity index (χ4n) is 3.73. The molecule has 3 aromatic heterocycles. The molecule has 33 heavy (non-hydrogen) atoms. The van der Waals surface area contributed by atoms with Crippen LogP contribution in [0.1, 0.15) is 12.8 Å². The average Bonchev–Trinajstić information content (AvgIpc) is 3.40. The molecule has 4 aromatic rings. The second-order valence-corrected chi connectivity index (χ2v) is 8.07. The number of aromatic nitrogens is 7. The van der Waals surface area contributed by atoms with E-state index in [9.17, 15) is 4.79 Å². The van der Waals surface area contributed by atoms with Gasteiger partial charge in [-0.3, -0.25) is 4.79 Å². The van der Waals surface area contributed by atoms with Crippen LogP contribution < -0.4 is 10.2 Å². The van der Waals surface area contributed by atoms with E-state index in [1.54, 1.807) is 6.07 Å². The van der Waals surface area contributed by atoms with Gasteiger partial charge in [-0.15, -0.1) is 10.2 Å². The number of benzene rings is 1. The van der Waals surface area contributed by atoms with Crippen molar-refractivity contribution in [3.8, 4) is 17.1 Å². The maximum absolute atomic E-state index is 12.8. The zero-order valence-corrected chi connectivity index (χ0v) is 18.3. The Morgan fingerprint density at radius 3 is 2.48 bits per heavy atom. The highest BCUT2D eigenvalue weighted by atomic mass is 35.5. The molecule has 0 bridgehead atoms. The van der Waals surface area contributed by atoms with Crippen molar-refractivity contribution in [3.63, 3.8) is 0 Å². The second-order valence-electron chi connectivity index (χ2n) is 7.64. The lowest BCUT2D eigenvalue weighted by Gasteiger charge is -2.31. The summed E-state index contributed by atoms with van der Waals surface area (Å²) in [4.78, 5) is 27.1. The summed E-state index contributed by atoms with van der Waals surface area (Å²) < 4.78 is 1.51. The number of amides is 1. The Kier molecular flexibility index (Phi) is 5.90. The molecule has 0 spiro atoms. The number of piperidine rings is 1. The van der Waals surface area contributed by atoms with Gasteiger partial charge in [0.15, 0.2) is 11.6 Å². The Bertz CT molecular complexity index is 1220. The maximum Gasteiger partial charge on any atom is 0.228 e. The van der Waals surface area contributed by atoms with Gasteiger partial charge in [-0.05, 0) is 37.1 Å². The predicted molar refractivity (Wildman–Crippen MR) is 123 cm³/mol. The Morgan fingerprint density at radius 1 is 0.970 bits per heavy atom. The summed E-state index contributed by atoms with van der Waals surface area (Å²) in [6.07, 6.45) is 5.78. The van der Waals surface area contributed by atoms with Crippen LogP contribution >= 0.6 is 11.6 Å². The minimum Gasteiger partial charge on any atom is -0.355 e. The number of carbonyl (C=O) groups excluding carboxylic acids is 1. The van der Waals surface area contributed by atoms with E-state index in [4.69, 9.17) is 11.6 Å². The highest BCUT2D eigenvalue weighted by Crippen LogP contribution is 2.25. The highest BCUT2D eigenvalue weighted by molar-refractivity contribution is 6.30. The summed E-state index contributed by atoms with van der Waals surface area (Å²) in [7, 11) is 0. The number of nitrogens with one attached hydrogen (secondary N) is 1. The van der Waals surface area contributed by atoms with Gasteiger partial charge in [-0.1, -0.05) is 23.7 Å². The molecule has 1 aliphatic rings. The molecule has 1 fully saturated rings. The van der Waals surface area contributed by atoms with Crippen LogP contribution in [0.4, 0.5) is 11.6 Å². The highest BCUT2D eigenvalue weighted by Gasteiger charge is 2.26. The number of anilines is 2. The zero-order chi connectivity index (χ0) is 22.6. The molecular formula is C22H20ClN9O. The molecule has 1 amide bonds. The first-order valence-electron chi connectivity index (χ1n) is 10.5. The van der Waals surface area contributed by atoms with Gasteiger partial charge in [0.25, 0.3) is 0 Å². The molecule has 0 radical (unpaired) electrons. The summed E-state index contributed by atoms with van der Waals surface area (Å²) in [5.41, 5.74) is 1.75. The molecule has 1 aliphatic heterocycles. The first-order valence-corrected chi connectivity index (χ1v) is 10.9. The first kappa shape index (κ1) is 21.0. The molecule has 0 unspecified atom stereocenters. The van der Waals surface area contributed by atoms with Crippen LogP contribution in [0.2, 0.25) is 5.02 Å². The molecule has 166 valence electrons. The van der Waals surface area contributed by atoms with E-state index in [1.807, 2.05) is 36.4 Å². The second kappa shape index (κ2) is 9.29. The van der Waals surface area contributed by atoms with Crippen molar-refractivity contribution in [2.45, 2.75) is 12.8 Å². The Morgan fingerprint density at radius 2 is 1.79 bits per heavy atom. The lowest BCUT2D eigenvalue weighted by molar-refractivity contribution is -0.120. The summed E-state index contributed by atoms with van der Waals surface area (Å²) in [6, 6.07) is 13.1. The van der Waals surface area contributed by atoms with E-state index in [0.717, 1.165) is 30.2 Å². The first-order chi connectivity index (χ1) is 16.2. The summed E-state index contributed by atoms with van der Waals surface area (Å²) >= 11 is 5.95. The number of hydrogen-bond acceptors (Lipinski definition) is 8. The topological polar surface area (TPSA) is 115 Å². The molecule has 5 rings (SSSR count). The van der Waals surface area contributed by atoms with E-state index in [0.29, 0.717) is 29.5 Å². The third-order valence-corrected chi connectivity index (χ3v) is 5.79. The Hall–Kier alpha value is -3.92. The van der Waals surface area contributed by atoms with Crippen LogP contribution in [0.15, 0.2) is 61.4 Å². The van der Waals surface area contributed by atoms with Gasteiger partial charge in [-0.2, -0.15) is 5.10 Å². The third-order valence-electron chi connectivity index (χ3n) is 5.54. The number of rotatable bonds is 5. The van der Waals surface area contributed by atoms with Crippen LogP contribution in [0, 0.1) is 5.92 Å². The summed E-state index contributed by atoms with van der Waals surface area (Å²) in [5, 5.41) is 16.4. The van der Waals surface area contributed by atoms with Crippen molar-refractivity contribution in [3.05, 3.63) is 66.5 Å². The van der Waals surface area contributed by atoms with Crippen LogP contribution in [0.3, 0.4) is 0 Å². The molecule has 1 N–H and O–H groups in total. The molecule has 1 saturated heterocycles. The van der Waals surface area contributed by atoms with Gasteiger partial charge in [-0.25, -0.2) is 19.6 Å². The largest absolute Gasteiger partial charge is 0.355 e. The minimum atomic E-state index is -0.104. The Labute approximate surface area is 194 Å². The molecule has 11 heteroatoms. The summed E-state index contributed by atoms with van der Waals surface area (Å²) in [6.45, 7) is 1.45. The van der Waals surface area contributed by atoms with E-state index in [1.165, 1.54) is 23.7 Å². The fraction of sp³-hybridized carbons (Fsp3) is 0.227. The number of nitrogens with zero attached hydrogens (tertiary/aromatic N) is 8. The van der Waals surface area contributed by atoms with Crippen molar-refractivity contribution in [2.75, 3.05) is 23.3 Å². The SMILES string of the molecule is O=C(Nc1cc(-n2cncn2)ncn1)C1CCN(c2ccc(-c3ccc(Cl)cc3)nn2)CC1. The molecule has 0 saturated carbocycles. The molecular weight excluding hydrogens is 442 g/mol. The van der Waals surface area contributed by atoms with Crippen molar-refractivity contribution >= 4 is 29.1 Å². The average molecular weight is 462 g/mol. The molecule has 1 aromatic carbocycles. The molecule has 4 heterocycles. The molecule has 0 atom stereocenters. The van der Waals surface area contributed by atoms with Crippen molar-refractivity contribution in [1.82, 2.24) is 34.9 Å². The van der Waals surface area contributed by atoms with E-state index in [-0.39, 0.29) is 11.8 Å². The van der Waals surface area contributed by atoms with Gasteiger partial charge in [0.1, 0.15) is 24.8 Å². The van der Waals surface area contributed by atoms with Crippen molar-refractivity contribution in [2.24, 2.45) is 5.92 Å². The van der Waals surface area contributed by atoms with Crippen LogP contribution in [0.25, 0.3) is 17.1 Å². The lowest BCUT2D eigenvalue weighted by Crippen LogP contribution is -2.38. The van der Waals surface area contributed by atoms with Crippen molar-refractivity contribution in [1.29, 1.82) is 0 Å². The fourth-order valence-corrected chi connectivity index (χ4v) is 3.86. The maximum atomic E-state index is 12.8. The normalized spacial score (nSPS) is 14.3. The number of hydrogen-bond donors (Lipinski definition) is 1. The Balaban J connectivity index is 1.17. The minimum absolute atomic E-state index is 0.0536. The van der Waals surface area contributed by atoms with Gasteiger partial charge in [0.05, 0.1) is 5.69 Å². The zero-order valence-electron chi connectivity index (χ0n) is 17.5. The summed E-state index contributed by atoms with van der Waals surface area (Å²) in [5.74, 6) is 1.62. The third kappa shape index (κ3) is 4.80. The van der Waals surface area contributed by atoms with Gasteiger partial charge >= 0.3 is 0 Å². The van der Waals surface area contributed by atoms with Crippen molar-refractivity contribution < 1.29 is 4.79 Å². The van der Waals surface area contributed by atoms with Crippen LogP contribution in [-0.4, -0.2) is 53.9 Å². The van der Waals surface area contributed by atoms with Crippen LogP contribution in [-0.2, 0) is 4.79 Å². The van der Waals surface area contributed by atoms with Gasteiger partial charge < -0.3 is 10.2 Å². The quantitative estimate of drug-likeness (QED) is 0.482. The number of carbonyl (C=O) groups is 1. The van der Waals surface area contributed by atoms with E-state index in [2.05, 4.69) is 40.5 Å². The van der Waals surface area contributed by atoms with Gasteiger partial charge in [0.2, 0.25) is 5.91 Å². The lowest BCUT2D eigenvalue weighted by atomic mass is 9.96. The predicted octanol–water partition coefficient (Wildman–Crippen LogP) is 3.02. The standard InChI is InChI=1S/C22H20ClN9O/c23-17-3-1-15(2-4-17)18-5-6-20(30-29-18)31-9-7-16(8-10-31)22(33)28-19-11-21(26-13-25-19)32-14-24-12-27-32/h1-6,11-14,16H,7-10H2,(H,25,26,28,33). The van der Waals surface area contributed by atoms with Crippen LogP contribution in [0.5, 0.6) is 0 Å². The molecule has 10 nitrogen and oxygen atoms in total. The van der Waals surface area contributed by atoms with Gasteiger partial charge in [0, 0.05) is 35.7 Å². The van der Waals surface area contributed by atoms with E-state index >= 15 is 0 Å².